The van der Waals surface area contributed by atoms with E-state index in [0.717, 1.165) is 20.8 Å². The first-order chi connectivity index (χ1) is 7.65. The van der Waals surface area contributed by atoms with Gasteiger partial charge in [-0.25, -0.2) is 0 Å². The molecule has 84 valence electrons. The monoisotopic (exact) mass is 318 g/mol. The second kappa shape index (κ2) is 4.94. The molecule has 0 atom stereocenters. The van der Waals surface area contributed by atoms with Crippen LogP contribution in [0.2, 0.25) is 0 Å². The minimum Gasteiger partial charge on any atom is -0.346 e. The number of aromatic nitrogens is 1. The lowest BCUT2D eigenvalue weighted by molar-refractivity contribution is 0.0951. The van der Waals surface area contributed by atoms with Crippen LogP contribution in [-0.4, -0.2) is 10.9 Å². The average molecular weight is 319 g/mol. The second-order valence-corrected chi connectivity index (χ2v) is 6.13. The van der Waals surface area contributed by atoms with Crippen LogP contribution in [0, 0.1) is 0 Å². The summed E-state index contributed by atoms with van der Waals surface area (Å²) in [5.74, 6) is -0.144. The van der Waals surface area contributed by atoms with Crippen molar-refractivity contribution in [3.05, 3.63) is 41.5 Å². The molecule has 0 aliphatic heterocycles. The Bertz CT molecular complexity index is 558. The summed E-state index contributed by atoms with van der Waals surface area (Å²) in [5, 5.41) is 6.20. The lowest BCUT2D eigenvalue weighted by Gasteiger charge is -2.00. The number of rotatable bonds is 3. The minimum absolute atomic E-state index is 0.109. The van der Waals surface area contributed by atoms with E-state index >= 15 is 0 Å². The lowest BCUT2D eigenvalue weighted by Crippen LogP contribution is -2.22. The highest BCUT2D eigenvalue weighted by molar-refractivity contribution is 9.11. The Morgan fingerprint density at radius 3 is 2.81 bits per heavy atom. The Kier molecular flexibility index (Phi) is 3.57. The normalized spacial score (nSPS) is 10.3. The van der Waals surface area contributed by atoms with E-state index in [4.69, 9.17) is 0 Å². The van der Waals surface area contributed by atoms with E-state index in [2.05, 4.69) is 26.2 Å². The summed E-state index contributed by atoms with van der Waals surface area (Å²) in [6.45, 7) is 0.338. The van der Waals surface area contributed by atoms with Crippen LogP contribution >= 0.6 is 38.6 Å². The highest BCUT2D eigenvalue weighted by Gasteiger charge is 2.07. The van der Waals surface area contributed by atoms with Crippen molar-refractivity contribution in [3.8, 4) is 0 Å². The van der Waals surface area contributed by atoms with Gasteiger partial charge < -0.3 is 10.3 Å². The maximum atomic E-state index is 11.6. The first kappa shape index (κ1) is 11.6. The quantitative estimate of drug-likeness (QED) is 0.911. The summed E-state index contributed by atoms with van der Waals surface area (Å²) in [4.78, 5) is 25.0. The van der Waals surface area contributed by atoms with Crippen molar-refractivity contribution >= 4 is 44.5 Å². The number of hydrogen-bond acceptors (Lipinski definition) is 4. The molecule has 16 heavy (non-hydrogen) atoms. The second-order valence-electron chi connectivity index (χ2n) is 3.00. The molecule has 0 spiro atoms. The number of H-pyrrole nitrogens is 1. The van der Waals surface area contributed by atoms with Gasteiger partial charge in [-0.1, -0.05) is 11.3 Å². The standard InChI is InChI=1S/C9H7BrN2O2S2/c10-7-1-5(3-15-7)8(13)11-2-6-4-16-9(14)12-6/h1,3-4H,2H2,(H,11,13)(H,12,14). The Morgan fingerprint density at radius 1 is 1.44 bits per heavy atom. The zero-order valence-corrected chi connectivity index (χ0v) is 11.2. The molecule has 0 saturated heterocycles. The molecule has 0 aromatic carbocycles. The number of thiophene rings is 1. The van der Waals surface area contributed by atoms with E-state index in [1.54, 1.807) is 16.8 Å². The van der Waals surface area contributed by atoms with Gasteiger partial charge in [0.1, 0.15) is 0 Å². The summed E-state index contributed by atoms with van der Waals surface area (Å²) < 4.78 is 0.918. The first-order valence-corrected chi connectivity index (χ1v) is 6.89. The molecule has 0 bridgehead atoms. The van der Waals surface area contributed by atoms with Crippen LogP contribution in [0.1, 0.15) is 16.1 Å². The Hall–Kier alpha value is -0.920. The van der Waals surface area contributed by atoms with Crippen LogP contribution in [0.25, 0.3) is 0 Å². The van der Waals surface area contributed by atoms with Crippen LogP contribution < -0.4 is 10.2 Å². The largest absolute Gasteiger partial charge is 0.346 e. The molecular formula is C9H7BrN2O2S2. The molecule has 0 aliphatic rings. The number of hydrogen-bond donors (Lipinski definition) is 2. The number of carbonyl (C=O) groups is 1. The van der Waals surface area contributed by atoms with Crippen molar-refractivity contribution in [2.75, 3.05) is 0 Å². The molecule has 7 heteroatoms. The Balaban J connectivity index is 1.96. The fourth-order valence-corrected chi connectivity index (χ4v) is 2.83. The molecule has 2 aromatic heterocycles. The average Bonchev–Trinajstić information content (AvgIpc) is 2.84. The Morgan fingerprint density at radius 2 is 2.25 bits per heavy atom. The van der Waals surface area contributed by atoms with Gasteiger partial charge in [0.25, 0.3) is 5.91 Å². The predicted octanol–water partition coefficient (Wildman–Crippen LogP) is 2.19. The van der Waals surface area contributed by atoms with E-state index in [1.165, 1.54) is 11.3 Å². The predicted molar refractivity (Wildman–Crippen MR) is 68.1 cm³/mol. The molecule has 0 aliphatic carbocycles. The number of nitrogens with one attached hydrogen (secondary N) is 2. The van der Waals surface area contributed by atoms with Gasteiger partial charge in [0, 0.05) is 16.5 Å². The van der Waals surface area contributed by atoms with Crippen LogP contribution in [-0.2, 0) is 6.54 Å². The third-order valence-electron chi connectivity index (χ3n) is 1.84. The first-order valence-electron chi connectivity index (χ1n) is 4.34. The van der Waals surface area contributed by atoms with Gasteiger partial charge in [0.05, 0.1) is 15.9 Å². The van der Waals surface area contributed by atoms with Gasteiger partial charge in [-0.2, -0.15) is 0 Å². The number of thiazole rings is 1. The van der Waals surface area contributed by atoms with Crippen molar-refractivity contribution in [3.63, 3.8) is 0 Å². The zero-order chi connectivity index (χ0) is 11.5. The molecule has 2 heterocycles. The maximum Gasteiger partial charge on any atom is 0.304 e. The highest BCUT2D eigenvalue weighted by Crippen LogP contribution is 2.20. The van der Waals surface area contributed by atoms with E-state index in [9.17, 15) is 9.59 Å². The molecule has 2 rings (SSSR count). The van der Waals surface area contributed by atoms with Gasteiger partial charge in [0.2, 0.25) is 0 Å². The van der Waals surface area contributed by atoms with Crippen LogP contribution in [0.15, 0.2) is 25.4 Å². The van der Waals surface area contributed by atoms with Gasteiger partial charge in [-0.15, -0.1) is 11.3 Å². The number of amides is 1. The highest BCUT2D eigenvalue weighted by atomic mass is 79.9. The van der Waals surface area contributed by atoms with E-state index in [0.29, 0.717) is 12.1 Å². The van der Waals surface area contributed by atoms with Crippen molar-refractivity contribution in [2.24, 2.45) is 0 Å². The van der Waals surface area contributed by atoms with Crippen molar-refractivity contribution in [2.45, 2.75) is 6.54 Å². The fourth-order valence-electron chi connectivity index (χ4n) is 1.11. The smallest absolute Gasteiger partial charge is 0.304 e. The van der Waals surface area contributed by atoms with Crippen LogP contribution in [0.4, 0.5) is 0 Å². The molecule has 0 unspecified atom stereocenters. The molecule has 0 fully saturated rings. The lowest BCUT2D eigenvalue weighted by atomic mass is 10.3. The molecule has 0 radical (unpaired) electrons. The van der Waals surface area contributed by atoms with Gasteiger partial charge in [0.15, 0.2) is 0 Å². The van der Waals surface area contributed by atoms with Crippen LogP contribution in [0.5, 0.6) is 0 Å². The zero-order valence-electron chi connectivity index (χ0n) is 7.95. The molecule has 2 aromatic rings. The molecular weight excluding hydrogens is 312 g/mol. The molecule has 1 amide bonds. The number of halogens is 1. The van der Waals surface area contributed by atoms with E-state index < -0.39 is 0 Å². The SMILES string of the molecule is O=C(NCc1csc(=O)[nH]1)c1csc(Br)c1. The van der Waals surface area contributed by atoms with Gasteiger partial charge >= 0.3 is 4.87 Å². The summed E-state index contributed by atoms with van der Waals surface area (Å²) in [6, 6.07) is 1.76. The number of aromatic amines is 1. The summed E-state index contributed by atoms with van der Waals surface area (Å²) in [6.07, 6.45) is 0. The summed E-state index contributed by atoms with van der Waals surface area (Å²) in [5.41, 5.74) is 1.34. The van der Waals surface area contributed by atoms with E-state index in [1.807, 2.05) is 0 Å². The third kappa shape index (κ3) is 2.81. The summed E-state index contributed by atoms with van der Waals surface area (Å²) >= 11 is 5.84. The van der Waals surface area contributed by atoms with Crippen molar-refractivity contribution in [1.29, 1.82) is 0 Å². The molecule has 0 saturated carbocycles. The minimum atomic E-state index is -0.144. The maximum absolute atomic E-state index is 11.6. The molecule has 2 N–H and O–H groups in total. The topological polar surface area (TPSA) is 62.0 Å². The van der Waals surface area contributed by atoms with Gasteiger partial charge in [-0.05, 0) is 22.0 Å². The van der Waals surface area contributed by atoms with E-state index in [-0.39, 0.29) is 10.8 Å². The third-order valence-corrected chi connectivity index (χ3v) is 4.06. The molecule has 4 nitrogen and oxygen atoms in total. The van der Waals surface area contributed by atoms with Crippen molar-refractivity contribution in [1.82, 2.24) is 10.3 Å². The summed E-state index contributed by atoms with van der Waals surface area (Å²) in [7, 11) is 0. The van der Waals surface area contributed by atoms with Crippen LogP contribution in [0.3, 0.4) is 0 Å². The fraction of sp³-hybridized carbons (Fsp3) is 0.111. The van der Waals surface area contributed by atoms with Crippen molar-refractivity contribution < 1.29 is 4.79 Å². The Labute approximate surface area is 107 Å². The van der Waals surface area contributed by atoms with Gasteiger partial charge in [-0.3, -0.25) is 9.59 Å². The number of carbonyl (C=O) groups excluding carboxylic acids is 1.